The van der Waals surface area contributed by atoms with Gasteiger partial charge in [0.05, 0.1) is 17.9 Å². The van der Waals surface area contributed by atoms with E-state index in [1.165, 1.54) is 0 Å². The minimum absolute atomic E-state index is 0.111. The second-order valence-corrected chi connectivity index (χ2v) is 4.55. The number of aromatic amines is 1. The third-order valence-electron chi connectivity index (χ3n) is 2.38. The van der Waals surface area contributed by atoms with E-state index >= 15 is 0 Å². The molecule has 0 radical (unpaired) electrons. The number of pyridine rings is 1. The van der Waals surface area contributed by atoms with Gasteiger partial charge in [-0.05, 0) is 19.3 Å². The van der Waals surface area contributed by atoms with Crippen molar-refractivity contribution in [1.82, 2.24) is 4.98 Å². The van der Waals surface area contributed by atoms with E-state index < -0.39 is 6.10 Å². The normalized spacial score (nSPS) is 21.2. The number of aliphatic hydroxyl groups excluding tert-OH is 1. The van der Waals surface area contributed by atoms with E-state index in [1.807, 2.05) is 22.6 Å². The molecule has 1 aliphatic carbocycles. The second-order valence-electron chi connectivity index (χ2n) is 3.30. The van der Waals surface area contributed by atoms with Crippen LogP contribution in [0.15, 0.2) is 10.9 Å². The maximum atomic E-state index is 11.1. The summed E-state index contributed by atoms with van der Waals surface area (Å²) >= 11 is 1.85. The number of hydrogen-bond acceptors (Lipinski definition) is 2. The van der Waals surface area contributed by atoms with E-state index in [9.17, 15) is 9.90 Å². The number of rotatable bonds is 0. The molecule has 0 spiro atoms. The first-order valence-corrected chi connectivity index (χ1v) is 5.46. The Morgan fingerprint density at radius 3 is 3.15 bits per heavy atom. The lowest BCUT2D eigenvalue weighted by molar-refractivity contribution is -0.330. The van der Waals surface area contributed by atoms with Crippen LogP contribution in [0.2, 0.25) is 0 Å². The number of fused-ring (bicyclic) bond motifs is 1. The van der Waals surface area contributed by atoms with E-state index in [0.29, 0.717) is 0 Å². The number of H-pyrrole nitrogens is 1. The van der Waals surface area contributed by atoms with Crippen LogP contribution >= 0.6 is 0 Å². The van der Waals surface area contributed by atoms with Gasteiger partial charge >= 0.3 is 0 Å². The molecule has 1 aliphatic rings. The van der Waals surface area contributed by atoms with Crippen molar-refractivity contribution in [3.8, 4) is 0 Å². The van der Waals surface area contributed by atoms with E-state index in [-0.39, 0.29) is 5.56 Å². The van der Waals surface area contributed by atoms with Gasteiger partial charge in [-0.3, -0.25) is 4.79 Å². The quantitative estimate of drug-likeness (QED) is 0.508. The first-order chi connectivity index (χ1) is 6.18. The summed E-state index contributed by atoms with van der Waals surface area (Å²) in [4.78, 5) is 13.9. The van der Waals surface area contributed by atoms with Gasteiger partial charge < -0.3 is 10.1 Å². The van der Waals surface area contributed by atoms with Crippen LogP contribution in [0.1, 0.15) is 30.2 Å². The average molecular weight is 292 g/mol. The molecule has 0 saturated carbocycles. The lowest BCUT2D eigenvalue weighted by atomic mass is 9.94. The minimum Gasteiger partial charge on any atom is -0.387 e. The number of halogens is 1. The van der Waals surface area contributed by atoms with Gasteiger partial charge in [-0.2, -0.15) is 0 Å². The van der Waals surface area contributed by atoms with E-state index in [1.54, 1.807) is 6.07 Å². The highest BCUT2D eigenvalue weighted by molar-refractivity contribution is 5.23. The molecular weight excluding hydrogens is 281 g/mol. The summed E-state index contributed by atoms with van der Waals surface area (Å²) in [5.41, 5.74) is 1.75. The van der Waals surface area contributed by atoms with Gasteiger partial charge in [0.15, 0.2) is 3.57 Å². The Balaban J connectivity index is 2.63. The molecule has 1 atom stereocenters. The van der Waals surface area contributed by atoms with Gasteiger partial charge in [-0.25, -0.2) is 0 Å². The summed E-state index contributed by atoms with van der Waals surface area (Å²) in [7, 11) is 0. The maximum Gasteiger partial charge on any atom is 0.297 e. The zero-order chi connectivity index (χ0) is 9.42. The number of aliphatic hydroxyl groups is 1. The average Bonchev–Trinajstić information content (AvgIpc) is 2.07. The summed E-state index contributed by atoms with van der Waals surface area (Å²) < 4.78 is 1.01. The van der Waals surface area contributed by atoms with Crippen molar-refractivity contribution in [2.24, 2.45) is 0 Å². The zero-order valence-corrected chi connectivity index (χ0v) is 9.37. The van der Waals surface area contributed by atoms with Crippen molar-refractivity contribution in [2.75, 3.05) is 0 Å². The molecule has 70 valence electrons. The van der Waals surface area contributed by atoms with E-state index in [2.05, 4.69) is 4.98 Å². The highest BCUT2D eigenvalue weighted by Gasteiger charge is 2.23. The number of nitrogens with one attached hydrogen (secondary N) is 1. The van der Waals surface area contributed by atoms with Crippen molar-refractivity contribution < 1.29 is 27.7 Å². The lowest BCUT2D eigenvalue weighted by Crippen LogP contribution is -3.34. The standard InChI is InChI=1S/C9H10INO2/c10-6-4-8(13)11-9-5(6)2-1-3-7(9)12/h4,7,10,12H,1-3H2/p+1. The van der Waals surface area contributed by atoms with Gasteiger partial charge in [0.2, 0.25) is 0 Å². The molecule has 1 aromatic rings. The van der Waals surface area contributed by atoms with Crippen LogP contribution in [0.25, 0.3) is 0 Å². The van der Waals surface area contributed by atoms with Crippen LogP contribution in [0.3, 0.4) is 0 Å². The van der Waals surface area contributed by atoms with Gasteiger partial charge in [0, 0.05) is 5.56 Å². The van der Waals surface area contributed by atoms with Crippen LogP contribution < -0.4 is 28.2 Å². The largest absolute Gasteiger partial charge is 0.387 e. The van der Waals surface area contributed by atoms with Crippen molar-refractivity contribution in [2.45, 2.75) is 25.4 Å². The molecule has 4 heteroatoms. The highest BCUT2D eigenvalue weighted by Crippen LogP contribution is 2.26. The lowest BCUT2D eigenvalue weighted by Gasteiger charge is -2.19. The number of aromatic nitrogens is 1. The number of hydrogen-bond donors (Lipinski definition) is 2. The first-order valence-electron chi connectivity index (χ1n) is 4.29. The molecule has 1 heterocycles. The molecule has 1 aromatic heterocycles. The van der Waals surface area contributed by atoms with E-state index in [4.69, 9.17) is 0 Å². The SMILES string of the molecule is O=c1cc([IH+])c2c([nH]1)C(O)CCC2. The molecule has 2 N–H and O–H groups in total. The summed E-state index contributed by atoms with van der Waals surface area (Å²) in [5.74, 6) is 0. The van der Waals surface area contributed by atoms with Gasteiger partial charge in [-0.1, -0.05) is 0 Å². The Morgan fingerprint density at radius 2 is 2.38 bits per heavy atom. The van der Waals surface area contributed by atoms with Gasteiger partial charge in [0.25, 0.3) is 28.2 Å². The predicted octanol–water partition coefficient (Wildman–Crippen LogP) is -2.80. The highest BCUT2D eigenvalue weighted by atomic mass is 127. The Labute approximate surface area is 89.3 Å². The van der Waals surface area contributed by atoms with Crippen molar-refractivity contribution in [3.05, 3.63) is 31.2 Å². The summed E-state index contributed by atoms with van der Waals surface area (Å²) in [6, 6.07) is 1.60. The molecule has 0 saturated heterocycles. The van der Waals surface area contributed by atoms with Crippen LogP contribution in [0.4, 0.5) is 0 Å². The third-order valence-corrected chi connectivity index (χ3v) is 3.42. The maximum absolute atomic E-state index is 11.1. The fourth-order valence-electron chi connectivity index (χ4n) is 1.74. The summed E-state index contributed by atoms with van der Waals surface area (Å²) in [6.07, 6.45) is 2.26. The molecule has 13 heavy (non-hydrogen) atoms. The Kier molecular flexibility index (Phi) is 2.42. The van der Waals surface area contributed by atoms with Crippen molar-refractivity contribution in [1.29, 1.82) is 0 Å². The predicted molar refractivity (Wildman–Crippen MR) is 45.1 cm³/mol. The monoisotopic (exact) mass is 292 g/mol. The topological polar surface area (TPSA) is 53.1 Å². The minimum atomic E-state index is -0.474. The first kappa shape index (κ1) is 9.21. The molecule has 0 bridgehead atoms. The van der Waals surface area contributed by atoms with Crippen molar-refractivity contribution in [3.63, 3.8) is 0 Å². The van der Waals surface area contributed by atoms with Crippen LogP contribution in [-0.2, 0) is 6.42 Å². The van der Waals surface area contributed by atoms with Gasteiger partial charge in [-0.15, -0.1) is 0 Å². The molecule has 1 unspecified atom stereocenters. The van der Waals surface area contributed by atoms with Crippen LogP contribution in [0, 0.1) is 3.57 Å². The molecular formula is C9H11INO2+. The van der Waals surface area contributed by atoms with Crippen LogP contribution in [-0.4, -0.2) is 10.1 Å². The van der Waals surface area contributed by atoms with Crippen LogP contribution in [0.5, 0.6) is 0 Å². The summed E-state index contributed by atoms with van der Waals surface area (Å²) in [6.45, 7) is 0. The Hall–Kier alpha value is -0.360. The Bertz CT molecular complexity index is 386. The molecule has 2 rings (SSSR count). The van der Waals surface area contributed by atoms with Gasteiger partial charge in [0.1, 0.15) is 0 Å². The Morgan fingerprint density at radius 1 is 1.62 bits per heavy atom. The second kappa shape index (κ2) is 3.42. The summed E-state index contributed by atoms with van der Waals surface area (Å²) in [5, 5.41) is 9.64. The van der Waals surface area contributed by atoms with Crippen molar-refractivity contribution >= 4 is 0 Å². The smallest absolute Gasteiger partial charge is 0.297 e. The zero-order valence-electron chi connectivity index (χ0n) is 7.04. The molecule has 0 aliphatic heterocycles. The fraction of sp³-hybridized carbons (Fsp3) is 0.444. The fourth-order valence-corrected chi connectivity index (χ4v) is 2.65. The molecule has 3 nitrogen and oxygen atoms in total. The third kappa shape index (κ3) is 1.65. The molecule has 0 aromatic carbocycles. The molecule has 0 amide bonds. The van der Waals surface area contributed by atoms with E-state index in [0.717, 1.165) is 34.1 Å². The molecule has 0 fully saturated rings.